The van der Waals surface area contributed by atoms with Crippen molar-refractivity contribution in [1.29, 1.82) is 0 Å². The van der Waals surface area contributed by atoms with Crippen LogP contribution in [0.15, 0.2) is 36.7 Å². The summed E-state index contributed by atoms with van der Waals surface area (Å²) < 4.78 is 0. The van der Waals surface area contributed by atoms with Crippen molar-refractivity contribution in [3.8, 4) is 0 Å². The van der Waals surface area contributed by atoms with Crippen LogP contribution in [-0.2, 0) is 11.3 Å². The monoisotopic (exact) mass is 266 g/mol. The molecular formula is C16H14N2O2. The normalized spacial score (nSPS) is 13.8. The Morgan fingerprint density at radius 2 is 1.80 bits per heavy atom. The van der Waals surface area contributed by atoms with Gasteiger partial charge in [0, 0.05) is 12.4 Å². The maximum Gasteiger partial charge on any atom is 0.299 e. The molecule has 0 atom stereocenters. The lowest BCUT2D eigenvalue weighted by Crippen LogP contribution is -2.29. The van der Waals surface area contributed by atoms with Crippen molar-refractivity contribution < 1.29 is 9.59 Å². The van der Waals surface area contributed by atoms with Crippen molar-refractivity contribution in [1.82, 2.24) is 4.98 Å². The van der Waals surface area contributed by atoms with E-state index in [1.807, 2.05) is 38.1 Å². The lowest BCUT2D eigenvalue weighted by atomic mass is 10.0. The minimum absolute atomic E-state index is 0.392. The highest BCUT2D eigenvalue weighted by atomic mass is 16.2. The second kappa shape index (κ2) is 4.56. The second-order valence-electron chi connectivity index (χ2n) is 5.05. The van der Waals surface area contributed by atoms with Crippen molar-refractivity contribution in [3.63, 3.8) is 0 Å². The quantitative estimate of drug-likeness (QED) is 0.784. The van der Waals surface area contributed by atoms with Crippen LogP contribution in [0.1, 0.15) is 27.0 Å². The summed E-state index contributed by atoms with van der Waals surface area (Å²) in [5, 5.41) is 0. The van der Waals surface area contributed by atoms with Crippen LogP contribution in [0.2, 0.25) is 0 Å². The third-order valence-electron chi connectivity index (χ3n) is 3.51. The van der Waals surface area contributed by atoms with Crippen molar-refractivity contribution >= 4 is 17.4 Å². The van der Waals surface area contributed by atoms with E-state index in [4.69, 9.17) is 0 Å². The van der Waals surface area contributed by atoms with Gasteiger partial charge in [-0.3, -0.25) is 14.6 Å². The molecule has 0 radical (unpaired) electrons. The molecule has 4 heteroatoms. The molecule has 0 aliphatic carbocycles. The third-order valence-corrected chi connectivity index (χ3v) is 3.51. The first-order valence-electron chi connectivity index (χ1n) is 6.44. The Kier molecular flexibility index (Phi) is 2.86. The number of pyridine rings is 1. The number of rotatable bonds is 2. The highest BCUT2D eigenvalue weighted by Gasteiger charge is 2.37. The zero-order chi connectivity index (χ0) is 14.3. The molecule has 3 rings (SSSR count). The topological polar surface area (TPSA) is 50.3 Å². The molecule has 20 heavy (non-hydrogen) atoms. The van der Waals surface area contributed by atoms with Crippen molar-refractivity contribution in [2.45, 2.75) is 20.4 Å². The Morgan fingerprint density at radius 1 is 1.10 bits per heavy atom. The van der Waals surface area contributed by atoms with E-state index in [0.29, 0.717) is 17.8 Å². The summed E-state index contributed by atoms with van der Waals surface area (Å²) in [6.07, 6.45) is 3.36. The number of carbonyl (C=O) groups excluding carboxylic acids is 2. The smallest absolute Gasteiger partial charge is 0.299 e. The molecule has 1 aromatic heterocycles. The highest BCUT2D eigenvalue weighted by Crippen LogP contribution is 2.33. The predicted molar refractivity (Wildman–Crippen MR) is 75.7 cm³/mol. The van der Waals surface area contributed by atoms with Gasteiger partial charge in [-0.25, -0.2) is 0 Å². The zero-order valence-electron chi connectivity index (χ0n) is 11.4. The lowest BCUT2D eigenvalue weighted by Gasteiger charge is -2.17. The summed E-state index contributed by atoms with van der Waals surface area (Å²) in [6.45, 7) is 4.22. The van der Waals surface area contributed by atoms with E-state index < -0.39 is 11.7 Å². The number of aryl methyl sites for hydroxylation is 2. The van der Waals surface area contributed by atoms with Crippen LogP contribution >= 0.6 is 0 Å². The molecule has 0 N–H and O–H groups in total. The maximum atomic E-state index is 12.2. The van der Waals surface area contributed by atoms with Crippen LogP contribution in [0.4, 0.5) is 5.69 Å². The summed E-state index contributed by atoms with van der Waals surface area (Å²) in [7, 11) is 0. The van der Waals surface area contributed by atoms with Crippen LogP contribution < -0.4 is 4.90 Å². The molecule has 0 saturated carbocycles. The molecule has 0 spiro atoms. The Balaban J connectivity index is 2.06. The Morgan fingerprint density at radius 3 is 2.50 bits per heavy atom. The van der Waals surface area contributed by atoms with Gasteiger partial charge < -0.3 is 4.90 Å². The fourth-order valence-electron chi connectivity index (χ4n) is 2.62. The highest BCUT2D eigenvalue weighted by molar-refractivity contribution is 6.52. The number of fused-ring (bicyclic) bond motifs is 1. The number of aromatic nitrogens is 1. The van der Waals surface area contributed by atoms with E-state index in [2.05, 4.69) is 4.98 Å². The summed E-state index contributed by atoms with van der Waals surface area (Å²) in [6, 6.07) is 7.52. The number of amides is 1. The molecule has 4 nitrogen and oxygen atoms in total. The molecule has 0 saturated heterocycles. The number of hydrogen-bond acceptors (Lipinski definition) is 3. The van der Waals surface area contributed by atoms with Crippen molar-refractivity contribution in [2.24, 2.45) is 0 Å². The van der Waals surface area contributed by atoms with Gasteiger partial charge in [0.1, 0.15) is 0 Å². The van der Waals surface area contributed by atoms with Gasteiger partial charge in [0.05, 0.1) is 17.8 Å². The van der Waals surface area contributed by atoms with Crippen LogP contribution in [0.3, 0.4) is 0 Å². The molecule has 0 bridgehead atoms. The van der Waals surface area contributed by atoms with Crippen LogP contribution in [0.25, 0.3) is 0 Å². The summed E-state index contributed by atoms with van der Waals surface area (Å²) in [4.78, 5) is 29.8. The first kappa shape index (κ1) is 12.5. The van der Waals surface area contributed by atoms with Gasteiger partial charge in [-0.05, 0) is 48.7 Å². The SMILES string of the molecule is Cc1cc(C)c2c(c1)N(Cc1ccncc1)C(=O)C2=O. The number of benzene rings is 1. The second-order valence-corrected chi connectivity index (χ2v) is 5.05. The fourth-order valence-corrected chi connectivity index (χ4v) is 2.62. The number of ketones is 1. The molecule has 1 aliphatic rings. The zero-order valence-corrected chi connectivity index (χ0v) is 11.4. The number of Topliss-reactive ketones (excluding diaryl/α,β-unsaturated/α-hetero) is 1. The molecule has 100 valence electrons. The molecule has 1 aliphatic heterocycles. The van der Waals surface area contributed by atoms with Crippen LogP contribution in [0, 0.1) is 13.8 Å². The van der Waals surface area contributed by atoms with E-state index in [0.717, 1.165) is 16.7 Å². The minimum atomic E-state index is -0.453. The maximum absolute atomic E-state index is 12.2. The number of hydrogen-bond donors (Lipinski definition) is 0. The molecular weight excluding hydrogens is 252 g/mol. The Bertz CT molecular complexity index is 708. The van der Waals surface area contributed by atoms with Gasteiger partial charge in [-0.15, -0.1) is 0 Å². The average molecular weight is 266 g/mol. The van der Waals surface area contributed by atoms with Gasteiger partial charge in [-0.2, -0.15) is 0 Å². The van der Waals surface area contributed by atoms with Crippen LogP contribution in [-0.4, -0.2) is 16.7 Å². The average Bonchev–Trinajstić information content (AvgIpc) is 2.65. The predicted octanol–water partition coefficient (Wildman–Crippen LogP) is 2.43. The van der Waals surface area contributed by atoms with Crippen molar-refractivity contribution in [2.75, 3.05) is 4.90 Å². The van der Waals surface area contributed by atoms with Crippen molar-refractivity contribution in [3.05, 3.63) is 58.9 Å². The summed E-state index contributed by atoms with van der Waals surface area (Å²) in [5.41, 5.74) is 4.11. The molecule has 0 unspecified atom stereocenters. The van der Waals surface area contributed by atoms with E-state index >= 15 is 0 Å². The molecule has 1 aromatic carbocycles. The first-order chi connectivity index (χ1) is 9.58. The Hall–Kier alpha value is -2.49. The first-order valence-corrected chi connectivity index (χ1v) is 6.44. The van der Waals surface area contributed by atoms with Gasteiger partial charge in [0.25, 0.3) is 11.7 Å². The number of carbonyl (C=O) groups is 2. The molecule has 0 fully saturated rings. The van der Waals surface area contributed by atoms with E-state index in [-0.39, 0.29) is 0 Å². The fraction of sp³-hybridized carbons (Fsp3) is 0.188. The van der Waals surface area contributed by atoms with Gasteiger partial charge in [-0.1, -0.05) is 6.07 Å². The van der Waals surface area contributed by atoms with Crippen LogP contribution in [0.5, 0.6) is 0 Å². The molecule has 2 heterocycles. The van der Waals surface area contributed by atoms with Gasteiger partial charge in [0.2, 0.25) is 0 Å². The Labute approximate surface area is 117 Å². The number of anilines is 1. The standard InChI is InChI=1S/C16H14N2O2/c1-10-7-11(2)14-13(8-10)18(16(20)15(14)19)9-12-3-5-17-6-4-12/h3-8H,9H2,1-2H3. The minimum Gasteiger partial charge on any atom is -0.300 e. The van der Waals surface area contributed by atoms with E-state index in [1.165, 1.54) is 0 Å². The van der Waals surface area contributed by atoms with Gasteiger partial charge >= 0.3 is 0 Å². The summed E-state index contributed by atoms with van der Waals surface area (Å²) >= 11 is 0. The van der Waals surface area contributed by atoms with Gasteiger partial charge in [0.15, 0.2) is 0 Å². The van der Waals surface area contributed by atoms with E-state index in [9.17, 15) is 9.59 Å². The molecule has 1 amide bonds. The van der Waals surface area contributed by atoms with E-state index in [1.54, 1.807) is 17.3 Å². The lowest BCUT2D eigenvalue weighted by molar-refractivity contribution is -0.114. The molecule has 2 aromatic rings. The largest absolute Gasteiger partial charge is 0.300 e. The summed E-state index contributed by atoms with van der Waals surface area (Å²) in [5.74, 6) is -0.864. The number of nitrogens with zero attached hydrogens (tertiary/aromatic N) is 2. The third kappa shape index (κ3) is 1.90.